The highest BCUT2D eigenvalue weighted by Crippen LogP contribution is 2.42. The fourth-order valence-electron chi connectivity index (χ4n) is 2.95. The summed E-state index contributed by atoms with van der Waals surface area (Å²) in [4.78, 5) is 0. The van der Waals surface area contributed by atoms with Gasteiger partial charge >= 0.3 is 6.18 Å². The minimum atomic E-state index is -4.21. The van der Waals surface area contributed by atoms with Gasteiger partial charge in [0, 0.05) is 19.2 Å². The van der Waals surface area contributed by atoms with Crippen molar-refractivity contribution in [3.05, 3.63) is 17.5 Å². The Balaban J connectivity index is 2.12. The van der Waals surface area contributed by atoms with Gasteiger partial charge in [-0.15, -0.1) is 0 Å². The van der Waals surface area contributed by atoms with Crippen molar-refractivity contribution in [3.63, 3.8) is 0 Å². The Hall–Kier alpha value is -1.04. The molecular weight excluding hydrogens is 257 g/mol. The van der Waals surface area contributed by atoms with E-state index < -0.39 is 17.7 Å². The van der Waals surface area contributed by atoms with E-state index in [0.717, 1.165) is 11.4 Å². The molecule has 1 aliphatic carbocycles. The summed E-state index contributed by atoms with van der Waals surface area (Å²) in [6.45, 7) is 1.83. The minimum absolute atomic E-state index is 0.121. The molecule has 2 rings (SSSR count). The second kappa shape index (κ2) is 4.81. The molecule has 3 nitrogen and oxygen atoms in total. The maximum atomic E-state index is 12.8. The average Bonchev–Trinajstić information content (AvgIpc) is 2.55. The lowest BCUT2D eigenvalue weighted by Gasteiger charge is -2.37. The number of aromatic nitrogens is 2. The molecule has 108 valence electrons. The first kappa shape index (κ1) is 14.4. The molecule has 0 spiro atoms. The summed E-state index contributed by atoms with van der Waals surface area (Å²) in [5.74, 6) is -1.39. The lowest BCUT2D eigenvalue weighted by molar-refractivity contribution is -0.200. The molecule has 1 heterocycles. The number of hydrogen-bond donors (Lipinski definition) is 1. The van der Waals surface area contributed by atoms with Crippen LogP contribution in [0.3, 0.4) is 0 Å². The Morgan fingerprint density at radius 1 is 1.53 bits per heavy atom. The Morgan fingerprint density at radius 3 is 2.74 bits per heavy atom. The van der Waals surface area contributed by atoms with Crippen LogP contribution in [-0.2, 0) is 13.5 Å². The first-order valence-electron chi connectivity index (χ1n) is 6.48. The Bertz CT molecular complexity index is 455. The molecule has 2 unspecified atom stereocenters. The third kappa shape index (κ3) is 3.29. The van der Waals surface area contributed by atoms with Crippen molar-refractivity contribution >= 4 is 0 Å². The number of nitrogens with zero attached hydrogens (tertiary/aromatic N) is 2. The molecule has 6 heteroatoms. The molecule has 0 aliphatic heterocycles. The van der Waals surface area contributed by atoms with Crippen LogP contribution in [0, 0.1) is 12.8 Å². The summed E-state index contributed by atoms with van der Waals surface area (Å²) in [5, 5.41) is 14.6. The summed E-state index contributed by atoms with van der Waals surface area (Å²) in [5.41, 5.74) is 0.325. The first-order valence-corrected chi connectivity index (χ1v) is 6.48. The standard InChI is InChI=1S/C13H19F3N2O/c1-9-6-11(18(2)17-9)8-12(19)5-3-4-10(7-12)13(14,15)16/h6,10,19H,3-5,7-8H2,1-2H3. The lowest BCUT2D eigenvalue weighted by Crippen LogP contribution is -2.42. The van der Waals surface area contributed by atoms with Crippen LogP contribution in [0.15, 0.2) is 6.07 Å². The van der Waals surface area contributed by atoms with Crippen LogP contribution in [-0.4, -0.2) is 26.7 Å². The molecule has 0 bridgehead atoms. The summed E-state index contributed by atoms with van der Waals surface area (Å²) in [6, 6.07) is 1.81. The maximum absolute atomic E-state index is 12.8. The van der Waals surface area contributed by atoms with Crippen LogP contribution in [0.1, 0.15) is 37.1 Å². The smallest absolute Gasteiger partial charge is 0.389 e. The van der Waals surface area contributed by atoms with Crippen molar-refractivity contribution in [2.45, 2.75) is 50.8 Å². The molecule has 0 saturated heterocycles. The number of halogens is 3. The van der Waals surface area contributed by atoms with Crippen LogP contribution in [0.2, 0.25) is 0 Å². The third-order valence-electron chi connectivity index (χ3n) is 3.89. The molecule has 1 aromatic rings. The third-order valence-corrected chi connectivity index (χ3v) is 3.89. The maximum Gasteiger partial charge on any atom is 0.391 e. The second-order valence-corrected chi connectivity index (χ2v) is 5.64. The van der Waals surface area contributed by atoms with E-state index in [4.69, 9.17) is 0 Å². The van der Waals surface area contributed by atoms with Gasteiger partial charge in [0.15, 0.2) is 0 Å². The fraction of sp³-hybridized carbons (Fsp3) is 0.769. The van der Waals surface area contributed by atoms with Gasteiger partial charge in [-0.1, -0.05) is 0 Å². The summed E-state index contributed by atoms with van der Waals surface area (Å²) < 4.78 is 40.0. The lowest BCUT2D eigenvalue weighted by atomic mass is 9.75. The van der Waals surface area contributed by atoms with E-state index in [9.17, 15) is 18.3 Å². The zero-order chi connectivity index (χ0) is 14.3. The molecule has 1 N–H and O–H groups in total. The van der Waals surface area contributed by atoms with E-state index in [2.05, 4.69) is 5.10 Å². The van der Waals surface area contributed by atoms with Crippen molar-refractivity contribution in [2.24, 2.45) is 13.0 Å². The SMILES string of the molecule is Cc1cc(CC2(O)CCCC(C(F)(F)F)C2)n(C)n1. The van der Waals surface area contributed by atoms with E-state index in [1.165, 1.54) is 0 Å². The Kier molecular flexibility index (Phi) is 3.64. The van der Waals surface area contributed by atoms with Gasteiger partial charge in [0.1, 0.15) is 0 Å². The first-order chi connectivity index (χ1) is 8.70. The number of aryl methyl sites for hydroxylation is 2. The van der Waals surface area contributed by atoms with Crippen molar-refractivity contribution in [3.8, 4) is 0 Å². The summed E-state index contributed by atoms with van der Waals surface area (Å²) >= 11 is 0. The van der Waals surface area contributed by atoms with Crippen molar-refractivity contribution in [2.75, 3.05) is 0 Å². The van der Waals surface area contributed by atoms with Crippen LogP contribution in [0.25, 0.3) is 0 Å². The van der Waals surface area contributed by atoms with E-state index in [0.29, 0.717) is 12.8 Å². The number of hydrogen-bond acceptors (Lipinski definition) is 2. The van der Waals surface area contributed by atoms with Gasteiger partial charge in [-0.05, 0) is 38.7 Å². The van der Waals surface area contributed by atoms with Gasteiger partial charge < -0.3 is 5.11 Å². The van der Waals surface area contributed by atoms with Crippen molar-refractivity contribution < 1.29 is 18.3 Å². The van der Waals surface area contributed by atoms with Crippen LogP contribution >= 0.6 is 0 Å². The highest BCUT2D eigenvalue weighted by molar-refractivity contribution is 5.12. The molecule has 1 aromatic heterocycles. The molecule has 2 atom stereocenters. The highest BCUT2D eigenvalue weighted by Gasteiger charge is 2.47. The molecule has 19 heavy (non-hydrogen) atoms. The Morgan fingerprint density at radius 2 is 2.21 bits per heavy atom. The van der Waals surface area contributed by atoms with Gasteiger partial charge in [-0.2, -0.15) is 18.3 Å². The zero-order valence-electron chi connectivity index (χ0n) is 11.2. The molecule has 1 aliphatic rings. The predicted molar refractivity (Wildman–Crippen MR) is 64.6 cm³/mol. The van der Waals surface area contributed by atoms with E-state index in [1.54, 1.807) is 11.7 Å². The molecular formula is C13H19F3N2O. The zero-order valence-corrected chi connectivity index (χ0v) is 11.2. The molecule has 0 aromatic carbocycles. The van der Waals surface area contributed by atoms with Gasteiger partial charge in [0.25, 0.3) is 0 Å². The fourth-order valence-corrected chi connectivity index (χ4v) is 2.95. The van der Waals surface area contributed by atoms with Gasteiger partial charge in [0.2, 0.25) is 0 Å². The van der Waals surface area contributed by atoms with Gasteiger partial charge in [-0.25, -0.2) is 0 Å². The minimum Gasteiger partial charge on any atom is -0.389 e. The number of rotatable bonds is 2. The highest BCUT2D eigenvalue weighted by atomic mass is 19.4. The van der Waals surface area contributed by atoms with Crippen LogP contribution in [0.4, 0.5) is 13.2 Å². The van der Waals surface area contributed by atoms with E-state index >= 15 is 0 Å². The predicted octanol–water partition coefficient (Wildman–Crippen LogP) is 2.75. The van der Waals surface area contributed by atoms with Gasteiger partial charge in [-0.3, -0.25) is 4.68 Å². The van der Waals surface area contributed by atoms with Crippen LogP contribution in [0.5, 0.6) is 0 Å². The molecule has 0 amide bonds. The van der Waals surface area contributed by atoms with Crippen molar-refractivity contribution in [1.29, 1.82) is 0 Å². The molecule has 1 fully saturated rings. The second-order valence-electron chi connectivity index (χ2n) is 5.64. The number of alkyl halides is 3. The largest absolute Gasteiger partial charge is 0.391 e. The normalized spacial score (nSPS) is 28.6. The Labute approximate surface area is 110 Å². The molecule has 0 radical (unpaired) electrons. The van der Waals surface area contributed by atoms with Crippen LogP contribution < -0.4 is 0 Å². The van der Waals surface area contributed by atoms with Gasteiger partial charge in [0.05, 0.1) is 17.2 Å². The van der Waals surface area contributed by atoms with E-state index in [1.807, 2.05) is 13.0 Å². The molecule has 1 saturated carbocycles. The quantitative estimate of drug-likeness (QED) is 0.902. The van der Waals surface area contributed by atoms with E-state index in [-0.39, 0.29) is 19.3 Å². The summed E-state index contributed by atoms with van der Waals surface area (Å²) in [6.07, 6.45) is -3.23. The average molecular weight is 276 g/mol. The monoisotopic (exact) mass is 276 g/mol. The summed E-state index contributed by atoms with van der Waals surface area (Å²) in [7, 11) is 1.75. The topological polar surface area (TPSA) is 38.0 Å². The van der Waals surface area contributed by atoms with Crippen molar-refractivity contribution in [1.82, 2.24) is 9.78 Å². The number of aliphatic hydroxyl groups is 1.